The van der Waals surface area contributed by atoms with Gasteiger partial charge in [0.25, 0.3) is 5.56 Å². The Morgan fingerprint density at radius 1 is 1.42 bits per heavy atom. The average molecular weight is 343 g/mol. The van der Waals surface area contributed by atoms with E-state index < -0.39 is 23.1 Å². The third kappa shape index (κ3) is 4.30. The van der Waals surface area contributed by atoms with E-state index >= 15 is 0 Å². The Labute approximate surface area is 138 Å². The zero-order valence-electron chi connectivity index (χ0n) is 13.7. The van der Waals surface area contributed by atoms with Gasteiger partial charge in [-0.25, -0.2) is 14.2 Å². The number of aromatic amines is 1. The lowest BCUT2D eigenvalue weighted by Gasteiger charge is -2.35. The SMILES string of the molecule is CCOC1CCC(CNC(=O)n2cc(F)c(=O)[nH]c2=O)CC1OC. The van der Waals surface area contributed by atoms with E-state index in [2.05, 4.69) is 5.32 Å². The predicted octanol–water partition coefficient (Wildman–Crippen LogP) is 0.454. The normalized spacial score (nSPS) is 23.9. The summed E-state index contributed by atoms with van der Waals surface area (Å²) in [5, 5.41) is 2.59. The summed E-state index contributed by atoms with van der Waals surface area (Å²) in [6.07, 6.45) is 2.97. The maximum atomic E-state index is 13.2. The molecule has 1 fully saturated rings. The molecule has 2 rings (SSSR count). The molecule has 1 aromatic heterocycles. The smallest absolute Gasteiger partial charge is 0.336 e. The summed E-state index contributed by atoms with van der Waals surface area (Å²) in [6.45, 7) is 2.87. The monoisotopic (exact) mass is 343 g/mol. The van der Waals surface area contributed by atoms with Gasteiger partial charge in [-0.15, -0.1) is 0 Å². The maximum Gasteiger partial charge on any atom is 0.336 e. The molecule has 0 spiro atoms. The van der Waals surface area contributed by atoms with Gasteiger partial charge in [0.05, 0.1) is 18.4 Å². The summed E-state index contributed by atoms with van der Waals surface area (Å²) in [6, 6.07) is -0.781. The van der Waals surface area contributed by atoms with Crippen molar-refractivity contribution in [2.24, 2.45) is 5.92 Å². The highest BCUT2D eigenvalue weighted by Gasteiger charge is 2.31. The van der Waals surface area contributed by atoms with Gasteiger partial charge in [-0.2, -0.15) is 4.39 Å². The number of carbonyl (C=O) groups is 1. The Morgan fingerprint density at radius 3 is 2.83 bits per heavy atom. The van der Waals surface area contributed by atoms with Crippen molar-refractivity contribution in [1.29, 1.82) is 0 Å². The molecule has 0 bridgehead atoms. The summed E-state index contributed by atoms with van der Waals surface area (Å²) >= 11 is 0. The fourth-order valence-electron chi connectivity index (χ4n) is 2.94. The number of carbonyl (C=O) groups excluding carboxylic acids is 1. The average Bonchev–Trinajstić information content (AvgIpc) is 2.57. The molecule has 1 heterocycles. The van der Waals surface area contributed by atoms with E-state index in [-0.39, 0.29) is 18.1 Å². The molecule has 1 saturated carbocycles. The number of methoxy groups -OCH3 is 1. The van der Waals surface area contributed by atoms with Crippen molar-refractivity contribution in [3.63, 3.8) is 0 Å². The molecule has 1 aromatic rings. The second-order valence-corrected chi connectivity index (χ2v) is 5.74. The number of amides is 1. The molecule has 134 valence electrons. The molecule has 8 nitrogen and oxygen atoms in total. The number of aromatic nitrogens is 2. The minimum atomic E-state index is -1.19. The highest BCUT2D eigenvalue weighted by Crippen LogP contribution is 2.28. The number of halogens is 1. The quantitative estimate of drug-likeness (QED) is 0.808. The third-order valence-electron chi connectivity index (χ3n) is 4.18. The van der Waals surface area contributed by atoms with Crippen LogP contribution in [-0.4, -0.2) is 48.1 Å². The Kier molecular flexibility index (Phi) is 6.27. The number of nitrogens with zero attached hydrogens (tertiary/aromatic N) is 1. The predicted molar refractivity (Wildman–Crippen MR) is 83.6 cm³/mol. The van der Waals surface area contributed by atoms with Crippen molar-refractivity contribution in [3.8, 4) is 0 Å². The molecular weight excluding hydrogens is 321 g/mol. The van der Waals surface area contributed by atoms with Gasteiger partial charge < -0.3 is 14.8 Å². The van der Waals surface area contributed by atoms with E-state index in [9.17, 15) is 18.8 Å². The first-order valence-corrected chi connectivity index (χ1v) is 7.90. The highest BCUT2D eigenvalue weighted by molar-refractivity contribution is 5.76. The van der Waals surface area contributed by atoms with Crippen LogP contribution in [0.15, 0.2) is 15.8 Å². The van der Waals surface area contributed by atoms with Gasteiger partial charge in [0.2, 0.25) is 5.82 Å². The highest BCUT2D eigenvalue weighted by atomic mass is 19.1. The minimum absolute atomic E-state index is 0.0443. The Bertz CT molecular complexity index is 686. The number of ether oxygens (including phenoxy) is 2. The van der Waals surface area contributed by atoms with Crippen LogP contribution in [0.25, 0.3) is 0 Å². The molecule has 1 aliphatic rings. The van der Waals surface area contributed by atoms with Gasteiger partial charge in [0.1, 0.15) is 0 Å². The first-order valence-electron chi connectivity index (χ1n) is 7.90. The lowest BCUT2D eigenvalue weighted by atomic mass is 9.85. The Morgan fingerprint density at radius 2 is 2.17 bits per heavy atom. The fraction of sp³-hybridized carbons (Fsp3) is 0.667. The van der Waals surface area contributed by atoms with Crippen LogP contribution in [-0.2, 0) is 9.47 Å². The summed E-state index contributed by atoms with van der Waals surface area (Å²) in [5.74, 6) is -1.03. The summed E-state index contributed by atoms with van der Waals surface area (Å²) < 4.78 is 24.8. The van der Waals surface area contributed by atoms with Crippen molar-refractivity contribution >= 4 is 6.03 Å². The molecule has 9 heteroatoms. The second-order valence-electron chi connectivity index (χ2n) is 5.74. The molecule has 0 radical (unpaired) electrons. The molecule has 0 aliphatic heterocycles. The molecule has 2 N–H and O–H groups in total. The van der Waals surface area contributed by atoms with Gasteiger partial charge in [0.15, 0.2) is 0 Å². The zero-order valence-corrected chi connectivity index (χ0v) is 13.7. The number of H-pyrrole nitrogens is 1. The van der Waals surface area contributed by atoms with Gasteiger partial charge in [0, 0.05) is 20.3 Å². The number of hydrogen-bond acceptors (Lipinski definition) is 5. The van der Waals surface area contributed by atoms with Crippen LogP contribution in [0, 0.1) is 11.7 Å². The Balaban J connectivity index is 1.94. The summed E-state index contributed by atoms with van der Waals surface area (Å²) in [5.41, 5.74) is -2.13. The van der Waals surface area contributed by atoms with Gasteiger partial charge in [-0.3, -0.25) is 9.78 Å². The van der Waals surface area contributed by atoms with Gasteiger partial charge in [-0.05, 0) is 32.1 Å². The topological polar surface area (TPSA) is 102 Å². The standard InChI is InChI=1S/C15H22FN3O5/c1-3-24-11-5-4-9(6-12(11)23-2)7-17-14(21)19-8-10(16)13(20)18-15(19)22/h8-9,11-12H,3-7H2,1-2H3,(H,17,21)(H,18,20,22). The van der Waals surface area contributed by atoms with E-state index in [0.717, 1.165) is 19.3 Å². The van der Waals surface area contributed by atoms with Crippen LogP contribution in [0.4, 0.5) is 9.18 Å². The van der Waals surface area contributed by atoms with Gasteiger partial charge >= 0.3 is 11.7 Å². The van der Waals surface area contributed by atoms with Crippen LogP contribution in [0.1, 0.15) is 26.2 Å². The first-order chi connectivity index (χ1) is 11.5. The summed E-state index contributed by atoms with van der Waals surface area (Å²) in [4.78, 5) is 36.3. The van der Waals surface area contributed by atoms with Crippen molar-refractivity contribution in [2.75, 3.05) is 20.3 Å². The van der Waals surface area contributed by atoms with Crippen molar-refractivity contribution < 1.29 is 18.7 Å². The molecule has 0 aromatic carbocycles. The minimum Gasteiger partial charge on any atom is -0.379 e. The molecule has 3 atom stereocenters. The van der Waals surface area contributed by atoms with Crippen molar-refractivity contribution in [3.05, 3.63) is 32.9 Å². The van der Waals surface area contributed by atoms with Crippen LogP contribution in [0.3, 0.4) is 0 Å². The van der Waals surface area contributed by atoms with Crippen LogP contribution < -0.4 is 16.6 Å². The Hall–Kier alpha value is -2.00. The number of hydrogen-bond donors (Lipinski definition) is 2. The largest absolute Gasteiger partial charge is 0.379 e. The maximum absolute atomic E-state index is 13.2. The lowest BCUT2D eigenvalue weighted by molar-refractivity contribution is -0.0837. The zero-order chi connectivity index (χ0) is 17.7. The second kappa shape index (κ2) is 8.20. The van der Waals surface area contributed by atoms with E-state index in [0.29, 0.717) is 23.9 Å². The molecule has 24 heavy (non-hydrogen) atoms. The first kappa shape index (κ1) is 18.3. The number of rotatable bonds is 5. The van der Waals surface area contributed by atoms with Crippen molar-refractivity contribution in [1.82, 2.24) is 14.9 Å². The molecule has 0 saturated heterocycles. The molecule has 1 amide bonds. The van der Waals surface area contributed by atoms with Crippen molar-refractivity contribution in [2.45, 2.75) is 38.4 Å². The fourth-order valence-corrected chi connectivity index (χ4v) is 2.94. The molecule has 1 aliphatic carbocycles. The van der Waals surface area contributed by atoms with E-state index in [4.69, 9.17) is 9.47 Å². The van der Waals surface area contributed by atoms with Crippen LogP contribution >= 0.6 is 0 Å². The van der Waals surface area contributed by atoms with Crippen LogP contribution in [0.2, 0.25) is 0 Å². The van der Waals surface area contributed by atoms with Crippen LogP contribution in [0.5, 0.6) is 0 Å². The molecular formula is C15H22FN3O5. The number of nitrogens with one attached hydrogen (secondary N) is 2. The van der Waals surface area contributed by atoms with E-state index in [1.54, 1.807) is 12.1 Å². The summed E-state index contributed by atoms with van der Waals surface area (Å²) in [7, 11) is 1.63. The lowest BCUT2D eigenvalue weighted by Crippen LogP contribution is -2.44. The van der Waals surface area contributed by atoms with E-state index in [1.807, 2.05) is 6.92 Å². The van der Waals surface area contributed by atoms with Gasteiger partial charge in [-0.1, -0.05) is 0 Å². The molecule has 3 unspecified atom stereocenters. The van der Waals surface area contributed by atoms with E-state index in [1.165, 1.54) is 0 Å². The third-order valence-corrected chi connectivity index (χ3v) is 4.18.